The number of halogens is 2. The molecule has 6 heteroatoms. The lowest BCUT2D eigenvalue weighted by Crippen LogP contribution is -2.37. The van der Waals surface area contributed by atoms with Crippen molar-refractivity contribution in [1.82, 2.24) is 0 Å². The number of ether oxygens (including phenoxy) is 1. The van der Waals surface area contributed by atoms with E-state index in [1.165, 1.54) is 0 Å². The van der Waals surface area contributed by atoms with Gasteiger partial charge in [-0.2, -0.15) is 0 Å². The monoisotopic (exact) mass is 442 g/mol. The normalized spacial score (nSPS) is 12.1. The molecule has 0 atom stereocenters. The molecular formula is C25H25F2O3P. The molecule has 0 saturated heterocycles. The Balaban J connectivity index is 3.27. The van der Waals surface area contributed by atoms with Crippen LogP contribution in [0.15, 0.2) is 96.9 Å². The van der Waals surface area contributed by atoms with E-state index in [2.05, 4.69) is 6.58 Å². The number of carbonyl (C=O) groups is 2. The third kappa shape index (κ3) is 5.00. The molecule has 0 aliphatic carbocycles. The van der Waals surface area contributed by atoms with Gasteiger partial charge < -0.3 is 4.74 Å². The number of alkyl halides is 2. The van der Waals surface area contributed by atoms with Crippen molar-refractivity contribution in [2.45, 2.75) is 20.3 Å². The quantitative estimate of drug-likeness (QED) is 0.241. The molecule has 2 aromatic carbocycles. The van der Waals surface area contributed by atoms with E-state index < -0.39 is 30.4 Å². The molecule has 0 radical (unpaired) electrons. The second kappa shape index (κ2) is 11.4. The second-order valence-electron chi connectivity index (χ2n) is 6.38. The molecule has 3 nitrogen and oxygen atoms in total. The molecule has 0 unspecified atom stereocenters. The van der Waals surface area contributed by atoms with Crippen LogP contribution < -0.4 is 10.6 Å². The summed E-state index contributed by atoms with van der Waals surface area (Å²) in [6.45, 7) is 3.65. The second-order valence-corrected chi connectivity index (χ2v) is 9.72. The van der Waals surface area contributed by atoms with Gasteiger partial charge in [-0.1, -0.05) is 91.5 Å². The molecule has 0 heterocycles. The van der Waals surface area contributed by atoms with E-state index in [4.69, 9.17) is 4.74 Å². The molecule has 0 aromatic heterocycles. The van der Waals surface area contributed by atoms with E-state index in [1.807, 2.05) is 0 Å². The number of ketones is 1. The molecule has 0 amide bonds. The number of rotatable bonds is 9. The topological polar surface area (TPSA) is 43.4 Å². The summed E-state index contributed by atoms with van der Waals surface area (Å²) < 4.78 is 32.8. The summed E-state index contributed by atoms with van der Waals surface area (Å²) >= 11 is 0. The summed E-state index contributed by atoms with van der Waals surface area (Å²) in [5.74, 6) is -2.55. The molecule has 162 valence electrons. The Hall–Kier alpha value is -3.04. The van der Waals surface area contributed by atoms with Gasteiger partial charge in [0.2, 0.25) is 5.78 Å². The van der Waals surface area contributed by atoms with E-state index in [0.717, 1.165) is 0 Å². The number of benzene rings is 2. The van der Waals surface area contributed by atoms with Crippen LogP contribution >= 0.6 is 6.89 Å². The molecular weight excluding hydrogens is 417 g/mol. The molecule has 0 bridgehead atoms. The van der Waals surface area contributed by atoms with Crippen LogP contribution in [0, 0.1) is 0 Å². The van der Waals surface area contributed by atoms with Crippen LogP contribution in [-0.2, 0) is 14.3 Å². The van der Waals surface area contributed by atoms with Crippen molar-refractivity contribution in [3.05, 3.63) is 96.9 Å². The molecule has 2 rings (SSSR count). The Morgan fingerprint density at radius 3 is 1.94 bits per heavy atom. The van der Waals surface area contributed by atoms with Gasteiger partial charge in [-0.05, 0) is 36.7 Å². The lowest BCUT2D eigenvalue weighted by atomic mass is 10.3. The summed E-state index contributed by atoms with van der Waals surface area (Å²) in [5.41, 5.74) is 0. The van der Waals surface area contributed by atoms with Gasteiger partial charge in [0.25, 0.3) is 0 Å². The van der Waals surface area contributed by atoms with Gasteiger partial charge in [0, 0.05) is 0 Å². The van der Waals surface area contributed by atoms with Crippen molar-refractivity contribution in [1.29, 1.82) is 0 Å². The third-order valence-corrected chi connectivity index (χ3v) is 9.01. The molecule has 0 saturated carbocycles. The molecule has 0 aliphatic rings. The van der Waals surface area contributed by atoms with E-state index in [-0.39, 0.29) is 6.61 Å². The van der Waals surface area contributed by atoms with E-state index >= 15 is 0 Å². The average molecular weight is 442 g/mol. The highest BCUT2D eigenvalue weighted by atomic mass is 31.2. The Morgan fingerprint density at radius 1 is 1.03 bits per heavy atom. The van der Waals surface area contributed by atoms with Gasteiger partial charge in [0.15, 0.2) is 0 Å². The van der Waals surface area contributed by atoms with Crippen LogP contribution in [0.2, 0.25) is 0 Å². The summed E-state index contributed by atoms with van der Waals surface area (Å²) in [4.78, 5) is 26.0. The van der Waals surface area contributed by atoms with Crippen LogP contribution in [0.4, 0.5) is 8.78 Å². The molecule has 0 spiro atoms. The van der Waals surface area contributed by atoms with E-state index in [1.54, 1.807) is 98.8 Å². The van der Waals surface area contributed by atoms with Crippen molar-refractivity contribution >= 4 is 34.5 Å². The molecule has 0 aliphatic heterocycles. The van der Waals surface area contributed by atoms with Gasteiger partial charge >= 0.3 is 12.4 Å². The third-order valence-electron chi connectivity index (χ3n) is 4.61. The smallest absolute Gasteiger partial charge is 0.343 e. The van der Waals surface area contributed by atoms with Gasteiger partial charge in [-0.3, -0.25) is 4.79 Å². The first-order valence-electron chi connectivity index (χ1n) is 9.78. The number of hydrogen-bond donors (Lipinski definition) is 0. The maximum absolute atomic E-state index is 13.8. The molecule has 0 fully saturated rings. The van der Waals surface area contributed by atoms with E-state index in [9.17, 15) is 18.4 Å². The minimum atomic E-state index is -3.35. The Labute approximate surface area is 181 Å². The molecule has 31 heavy (non-hydrogen) atoms. The summed E-state index contributed by atoms with van der Waals surface area (Å²) in [5, 5.41) is 1.24. The first kappa shape index (κ1) is 24.2. The first-order valence-corrected chi connectivity index (χ1v) is 11.6. The zero-order valence-corrected chi connectivity index (χ0v) is 18.4. The Morgan fingerprint density at radius 2 is 1.55 bits per heavy atom. The number of Topliss-reactive ketones (excluding diaryl/α,β-unsaturated/α-hetero) is 1. The fourth-order valence-corrected chi connectivity index (χ4v) is 7.78. The highest BCUT2D eigenvalue weighted by Crippen LogP contribution is 2.56. The number of hydrogen-bond acceptors (Lipinski definition) is 3. The highest BCUT2D eigenvalue weighted by molar-refractivity contribution is 7.95. The van der Waals surface area contributed by atoms with E-state index in [0.29, 0.717) is 15.9 Å². The molecule has 0 N–H and O–H groups in total. The average Bonchev–Trinajstić information content (AvgIpc) is 2.79. The van der Waals surface area contributed by atoms with Crippen molar-refractivity contribution < 1.29 is 23.1 Å². The summed E-state index contributed by atoms with van der Waals surface area (Å²) in [6.07, 6.45) is 3.30. The summed E-state index contributed by atoms with van der Waals surface area (Å²) in [6, 6.07) is 17.6. The lowest BCUT2D eigenvalue weighted by molar-refractivity contribution is -0.136. The summed E-state index contributed by atoms with van der Waals surface area (Å²) in [7, 11) is 0. The maximum Gasteiger partial charge on any atom is 0.343 e. The minimum Gasteiger partial charge on any atom is -0.462 e. The zero-order valence-electron chi connectivity index (χ0n) is 17.5. The SMILES string of the molecule is C=C/C=C\C(=C/C)P(=C(C(=O)OCC)C(=O)C(F)F)(c1ccccc1)c1ccccc1. The highest BCUT2D eigenvalue weighted by Gasteiger charge is 2.40. The Kier molecular flexibility index (Phi) is 8.89. The fraction of sp³-hybridized carbons (Fsp3) is 0.160. The van der Waals surface area contributed by atoms with Crippen molar-refractivity contribution in [3.63, 3.8) is 0 Å². The van der Waals surface area contributed by atoms with Gasteiger partial charge in [0.1, 0.15) is 5.29 Å². The Bertz CT molecular complexity index is 995. The molecule has 2 aromatic rings. The van der Waals surface area contributed by atoms with Crippen LogP contribution in [0.25, 0.3) is 0 Å². The van der Waals surface area contributed by atoms with Crippen molar-refractivity contribution in [2.75, 3.05) is 6.61 Å². The predicted molar refractivity (Wildman–Crippen MR) is 125 cm³/mol. The zero-order chi connectivity index (χ0) is 22.9. The van der Waals surface area contributed by atoms with Gasteiger partial charge in [-0.15, -0.1) is 0 Å². The number of allylic oxidation sites excluding steroid dienone is 5. The lowest BCUT2D eigenvalue weighted by Gasteiger charge is -2.32. The van der Waals surface area contributed by atoms with Crippen molar-refractivity contribution in [3.8, 4) is 0 Å². The standard InChI is InChI=1S/C25H25F2O3P/c1-4-7-14-19(5-2)31(20-15-10-8-11-16-20,21-17-12-9-13-18-21)23(22(28)24(26)27)25(29)30-6-3/h4-5,7-18,24H,1,6H2,2-3H3/b14-7-,19-5+. The van der Waals surface area contributed by atoms with Crippen LogP contribution in [-0.4, -0.2) is 30.1 Å². The van der Waals surface area contributed by atoms with Crippen LogP contribution in [0.5, 0.6) is 0 Å². The fourth-order valence-electron chi connectivity index (χ4n) is 3.41. The first-order chi connectivity index (χ1) is 14.9. The number of esters is 1. The predicted octanol–water partition coefficient (Wildman–Crippen LogP) is 4.87. The maximum atomic E-state index is 13.8. The van der Waals surface area contributed by atoms with Crippen LogP contribution in [0.3, 0.4) is 0 Å². The largest absolute Gasteiger partial charge is 0.462 e. The minimum absolute atomic E-state index is 0.0455. The van der Waals surface area contributed by atoms with Gasteiger partial charge in [-0.25, -0.2) is 13.6 Å². The van der Waals surface area contributed by atoms with Crippen molar-refractivity contribution in [2.24, 2.45) is 0 Å². The van der Waals surface area contributed by atoms with Gasteiger partial charge in [0.05, 0.1) is 6.61 Å². The number of carbonyl (C=O) groups excluding carboxylic acids is 2. The van der Waals surface area contributed by atoms with Crippen LogP contribution in [0.1, 0.15) is 13.8 Å².